The summed E-state index contributed by atoms with van der Waals surface area (Å²) in [7, 11) is 0. The number of halogens is 2. The van der Waals surface area contributed by atoms with E-state index >= 15 is 0 Å². The van der Waals surface area contributed by atoms with Crippen molar-refractivity contribution in [3.05, 3.63) is 29.8 Å². The predicted octanol–water partition coefficient (Wildman–Crippen LogP) is 2.60. The standard InChI is InChI=1S/C16H23N3O.2ClH/c17-14-4-2-13(3-5-14)12-19-11-1-6-16(15(19)20)7-9-18-10-8-16;;/h2-5,18H,1,6-12,17H2;2*1H. The molecule has 1 amide bonds. The number of nitrogens with zero attached hydrogens (tertiary/aromatic N) is 1. The molecule has 6 heteroatoms. The van der Waals surface area contributed by atoms with Crippen LogP contribution >= 0.6 is 24.8 Å². The number of rotatable bonds is 2. The van der Waals surface area contributed by atoms with Gasteiger partial charge in [0.15, 0.2) is 0 Å². The highest BCUT2D eigenvalue weighted by Crippen LogP contribution is 2.39. The Bertz CT molecular complexity index is 481. The lowest BCUT2D eigenvalue weighted by Gasteiger charge is -2.44. The maximum absolute atomic E-state index is 12.8. The van der Waals surface area contributed by atoms with Crippen LogP contribution in [0.2, 0.25) is 0 Å². The summed E-state index contributed by atoms with van der Waals surface area (Å²) in [5.74, 6) is 0.363. The molecular weight excluding hydrogens is 321 g/mol. The Morgan fingerprint density at radius 1 is 1.09 bits per heavy atom. The van der Waals surface area contributed by atoms with E-state index in [9.17, 15) is 4.79 Å². The molecule has 0 saturated carbocycles. The number of benzene rings is 1. The molecule has 0 unspecified atom stereocenters. The van der Waals surface area contributed by atoms with Crippen LogP contribution < -0.4 is 11.1 Å². The number of anilines is 1. The van der Waals surface area contributed by atoms with E-state index in [1.54, 1.807) is 0 Å². The summed E-state index contributed by atoms with van der Waals surface area (Å²) in [6, 6.07) is 7.85. The van der Waals surface area contributed by atoms with Gasteiger partial charge in [0.1, 0.15) is 0 Å². The first-order chi connectivity index (χ1) is 9.70. The van der Waals surface area contributed by atoms with Crippen molar-refractivity contribution in [3.63, 3.8) is 0 Å². The van der Waals surface area contributed by atoms with E-state index in [0.29, 0.717) is 12.5 Å². The second-order valence-electron chi connectivity index (χ2n) is 6.10. The number of hydrogen-bond donors (Lipinski definition) is 2. The van der Waals surface area contributed by atoms with Crippen molar-refractivity contribution in [1.29, 1.82) is 0 Å². The lowest BCUT2D eigenvalue weighted by Crippen LogP contribution is -2.52. The van der Waals surface area contributed by atoms with Crippen LogP contribution in [0.3, 0.4) is 0 Å². The van der Waals surface area contributed by atoms with Gasteiger partial charge in [0, 0.05) is 18.8 Å². The number of carbonyl (C=O) groups excluding carboxylic acids is 1. The lowest BCUT2D eigenvalue weighted by atomic mass is 9.72. The van der Waals surface area contributed by atoms with E-state index in [2.05, 4.69) is 5.32 Å². The fourth-order valence-electron chi connectivity index (χ4n) is 3.52. The molecule has 2 aliphatic rings. The highest BCUT2D eigenvalue weighted by atomic mass is 35.5. The molecular formula is C16H25Cl2N3O. The van der Waals surface area contributed by atoms with E-state index in [-0.39, 0.29) is 30.2 Å². The van der Waals surface area contributed by atoms with Gasteiger partial charge in [-0.1, -0.05) is 12.1 Å². The summed E-state index contributed by atoms with van der Waals surface area (Å²) in [5.41, 5.74) is 7.56. The monoisotopic (exact) mass is 345 g/mol. The van der Waals surface area contributed by atoms with Gasteiger partial charge in [-0.2, -0.15) is 0 Å². The zero-order chi connectivity index (χ0) is 14.0. The molecule has 2 heterocycles. The Kier molecular flexibility index (Phi) is 6.98. The number of carbonyl (C=O) groups is 1. The van der Waals surface area contributed by atoms with Gasteiger partial charge >= 0.3 is 0 Å². The van der Waals surface area contributed by atoms with Crippen LogP contribution in [0.25, 0.3) is 0 Å². The van der Waals surface area contributed by atoms with E-state index < -0.39 is 0 Å². The van der Waals surface area contributed by atoms with Crippen molar-refractivity contribution in [2.24, 2.45) is 5.41 Å². The van der Waals surface area contributed by atoms with Gasteiger partial charge in [-0.25, -0.2) is 0 Å². The number of nitrogen functional groups attached to an aromatic ring is 1. The van der Waals surface area contributed by atoms with E-state index in [4.69, 9.17) is 5.73 Å². The summed E-state index contributed by atoms with van der Waals surface area (Å²) in [4.78, 5) is 14.9. The summed E-state index contributed by atoms with van der Waals surface area (Å²) >= 11 is 0. The fourth-order valence-corrected chi connectivity index (χ4v) is 3.52. The smallest absolute Gasteiger partial charge is 0.229 e. The average molecular weight is 346 g/mol. The van der Waals surface area contributed by atoms with Gasteiger partial charge in [-0.3, -0.25) is 4.79 Å². The Morgan fingerprint density at radius 2 is 1.73 bits per heavy atom. The molecule has 0 bridgehead atoms. The number of hydrogen-bond acceptors (Lipinski definition) is 3. The van der Waals surface area contributed by atoms with E-state index in [1.807, 2.05) is 29.2 Å². The molecule has 2 aliphatic heterocycles. The van der Waals surface area contributed by atoms with Crippen LogP contribution in [-0.2, 0) is 11.3 Å². The number of piperidine rings is 2. The molecule has 4 nitrogen and oxygen atoms in total. The second kappa shape index (κ2) is 8.04. The third-order valence-electron chi connectivity index (χ3n) is 4.74. The number of likely N-dealkylation sites (tertiary alicyclic amines) is 1. The summed E-state index contributed by atoms with van der Waals surface area (Å²) < 4.78 is 0. The van der Waals surface area contributed by atoms with Gasteiger partial charge in [-0.05, 0) is 56.5 Å². The minimum atomic E-state index is -0.0860. The summed E-state index contributed by atoms with van der Waals surface area (Å²) in [6.45, 7) is 3.55. The summed E-state index contributed by atoms with van der Waals surface area (Å²) in [6.07, 6.45) is 4.17. The maximum atomic E-state index is 12.8. The molecule has 0 aliphatic carbocycles. The van der Waals surface area contributed by atoms with Gasteiger partial charge in [-0.15, -0.1) is 24.8 Å². The first-order valence-electron chi connectivity index (χ1n) is 7.54. The molecule has 1 aromatic carbocycles. The number of nitrogens with two attached hydrogens (primary N) is 1. The number of nitrogens with one attached hydrogen (secondary N) is 1. The molecule has 0 aromatic heterocycles. The highest BCUT2D eigenvalue weighted by molar-refractivity contribution is 5.85. The van der Waals surface area contributed by atoms with Crippen molar-refractivity contribution in [2.45, 2.75) is 32.2 Å². The predicted molar refractivity (Wildman–Crippen MR) is 94.5 cm³/mol. The van der Waals surface area contributed by atoms with Crippen molar-refractivity contribution < 1.29 is 4.79 Å². The number of amides is 1. The van der Waals surface area contributed by atoms with Crippen molar-refractivity contribution in [1.82, 2.24) is 10.2 Å². The topological polar surface area (TPSA) is 58.4 Å². The molecule has 0 atom stereocenters. The fraction of sp³-hybridized carbons (Fsp3) is 0.562. The Balaban J connectivity index is 0.00000121. The van der Waals surface area contributed by atoms with E-state index in [0.717, 1.165) is 51.0 Å². The quantitative estimate of drug-likeness (QED) is 0.810. The molecule has 1 spiro atoms. The molecule has 22 heavy (non-hydrogen) atoms. The first kappa shape index (κ1) is 19.1. The van der Waals surface area contributed by atoms with Crippen LogP contribution in [0.4, 0.5) is 5.69 Å². The molecule has 3 N–H and O–H groups in total. The Morgan fingerprint density at radius 3 is 2.36 bits per heavy atom. The average Bonchev–Trinajstić information content (AvgIpc) is 2.47. The van der Waals surface area contributed by atoms with Crippen LogP contribution in [0.15, 0.2) is 24.3 Å². The van der Waals surface area contributed by atoms with Crippen LogP contribution in [0.5, 0.6) is 0 Å². The van der Waals surface area contributed by atoms with E-state index in [1.165, 1.54) is 5.56 Å². The zero-order valence-corrected chi connectivity index (χ0v) is 14.3. The van der Waals surface area contributed by atoms with Crippen LogP contribution in [0, 0.1) is 5.41 Å². The molecule has 2 saturated heterocycles. The van der Waals surface area contributed by atoms with Crippen LogP contribution in [0.1, 0.15) is 31.2 Å². The molecule has 2 fully saturated rings. The molecule has 3 rings (SSSR count). The van der Waals surface area contributed by atoms with Crippen molar-refractivity contribution >= 4 is 36.4 Å². The van der Waals surface area contributed by atoms with Gasteiger partial charge in [0.2, 0.25) is 5.91 Å². The second-order valence-corrected chi connectivity index (χ2v) is 6.10. The minimum absolute atomic E-state index is 0. The first-order valence-corrected chi connectivity index (χ1v) is 7.54. The Hall–Kier alpha value is -0.970. The highest BCUT2D eigenvalue weighted by Gasteiger charge is 2.44. The lowest BCUT2D eigenvalue weighted by molar-refractivity contribution is -0.149. The minimum Gasteiger partial charge on any atom is -0.399 e. The molecule has 0 radical (unpaired) electrons. The van der Waals surface area contributed by atoms with Gasteiger partial charge in [0.25, 0.3) is 0 Å². The zero-order valence-electron chi connectivity index (χ0n) is 12.7. The summed E-state index contributed by atoms with van der Waals surface area (Å²) in [5, 5.41) is 3.36. The SMILES string of the molecule is Cl.Cl.Nc1ccc(CN2CCCC3(CCNCC3)C2=O)cc1. The third-order valence-corrected chi connectivity index (χ3v) is 4.74. The third kappa shape index (κ3) is 3.86. The van der Waals surface area contributed by atoms with Crippen molar-refractivity contribution in [3.8, 4) is 0 Å². The molecule has 1 aromatic rings. The van der Waals surface area contributed by atoms with Gasteiger partial charge < -0.3 is 16.0 Å². The van der Waals surface area contributed by atoms with Crippen molar-refractivity contribution in [2.75, 3.05) is 25.4 Å². The Labute approximate surface area is 144 Å². The molecule has 124 valence electrons. The normalized spacial score (nSPS) is 20.2. The van der Waals surface area contributed by atoms with Crippen LogP contribution in [-0.4, -0.2) is 30.4 Å². The maximum Gasteiger partial charge on any atom is 0.229 e. The largest absolute Gasteiger partial charge is 0.399 e. The van der Waals surface area contributed by atoms with Gasteiger partial charge in [0.05, 0.1) is 5.41 Å².